The number of halogens is 2. The van der Waals surface area contributed by atoms with Crippen LogP contribution in [-0.2, 0) is 13.0 Å². The maximum Gasteiger partial charge on any atom is 0.139 e. The van der Waals surface area contributed by atoms with Gasteiger partial charge in [0.25, 0.3) is 0 Å². The Morgan fingerprint density at radius 3 is 2.48 bits per heavy atom. The van der Waals surface area contributed by atoms with Gasteiger partial charge in [-0.1, -0.05) is 48.5 Å². The molecule has 0 saturated carbocycles. The zero-order valence-electron chi connectivity index (χ0n) is 19.0. The van der Waals surface area contributed by atoms with Gasteiger partial charge in [-0.2, -0.15) is 0 Å². The minimum atomic E-state index is -0.753. The van der Waals surface area contributed by atoms with Crippen LogP contribution in [0, 0.1) is 18.6 Å². The number of hydrogen-bond donors (Lipinski definition) is 4. The molecule has 33 heavy (non-hydrogen) atoms. The molecular formula is C27H29F2N3O. The summed E-state index contributed by atoms with van der Waals surface area (Å²) in [7, 11) is 0. The SMILES string of the molecule is Cc1c[nH]c2c(-c3c(F)cc4c(c3F)C[C@@H](O)C(C)(C)N4)cccc12.NCc1ccccc1. The van der Waals surface area contributed by atoms with Crippen molar-refractivity contribution in [2.45, 2.75) is 45.4 Å². The Balaban J connectivity index is 0.000000275. The number of anilines is 1. The molecule has 0 amide bonds. The standard InChI is InChI=1S/C20H20F2N2O.C7H9N/c1-10-9-23-19-11(10)5-4-6-12(19)17-14(21)8-15-13(18(17)22)7-16(25)20(2,3)24-15;8-6-7-4-2-1-3-5-7/h4-6,8-9,16,23-25H,7H2,1-3H3;1-5H,6,8H2/t16-;/m1./s1. The van der Waals surface area contributed by atoms with Crippen LogP contribution in [-0.4, -0.2) is 21.7 Å². The summed E-state index contributed by atoms with van der Waals surface area (Å²) >= 11 is 0. The number of nitrogens with two attached hydrogens (primary N) is 1. The molecule has 0 saturated heterocycles. The molecule has 3 aromatic carbocycles. The van der Waals surface area contributed by atoms with Gasteiger partial charge in [0.05, 0.1) is 22.7 Å². The Hall–Kier alpha value is -3.22. The predicted molar refractivity (Wildman–Crippen MR) is 130 cm³/mol. The lowest BCUT2D eigenvalue weighted by atomic mass is 9.84. The van der Waals surface area contributed by atoms with E-state index in [-0.39, 0.29) is 12.0 Å². The third-order valence-electron chi connectivity index (χ3n) is 6.28. The van der Waals surface area contributed by atoms with Crippen LogP contribution in [0.3, 0.4) is 0 Å². The first kappa shape index (κ1) is 23.0. The Kier molecular flexibility index (Phi) is 6.23. The minimum Gasteiger partial charge on any atom is -0.390 e. The van der Waals surface area contributed by atoms with Crippen molar-refractivity contribution in [2.24, 2.45) is 5.73 Å². The van der Waals surface area contributed by atoms with Crippen molar-refractivity contribution < 1.29 is 13.9 Å². The molecule has 4 aromatic rings. The quantitative estimate of drug-likeness (QED) is 0.318. The number of benzene rings is 3. The van der Waals surface area contributed by atoms with Crippen LogP contribution in [0.1, 0.15) is 30.5 Å². The lowest BCUT2D eigenvalue weighted by Crippen LogP contribution is -2.48. The summed E-state index contributed by atoms with van der Waals surface area (Å²) < 4.78 is 30.1. The number of hydrogen-bond acceptors (Lipinski definition) is 3. The van der Waals surface area contributed by atoms with E-state index in [9.17, 15) is 9.50 Å². The molecule has 1 aromatic heterocycles. The van der Waals surface area contributed by atoms with E-state index in [0.29, 0.717) is 28.9 Å². The first-order valence-electron chi connectivity index (χ1n) is 11.0. The predicted octanol–water partition coefficient (Wildman–Crippen LogP) is 5.67. The number of nitrogens with one attached hydrogen (secondary N) is 2. The van der Waals surface area contributed by atoms with E-state index in [4.69, 9.17) is 5.73 Å². The average Bonchev–Trinajstić information content (AvgIpc) is 3.18. The molecule has 1 aliphatic rings. The molecule has 0 aliphatic carbocycles. The van der Waals surface area contributed by atoms with Crippen molar-refractivity contribution in [2.75, 3.05) is 5.32 Å². The van der Waals surface area contributed by atoms with Crippen molar-refractivity contribution >= 4 is 16.6 Å². The Morgan fingerprint density at radius 2 is 1.82 bits per heavy atom. The molecule has 2 heterocycles. The van der Waals surface area contributed by atoms with Gasteiger partial charge < -0.3 is 21.1 Å². The summed E-state index contributed by atoms with van der Waals surface area (Å²) in [6, 6.07) is 16.8. The van der Waals surface area contributed by atoms with Gasteiger partial charge >= 0.3 is 0 Å². The molecule has 0 fully saturated rings. The normalized spacial score (nSPS) is 16.5. The van der Waals surface area contributed by atoms with Gasteiger partial charge in [-0.05, 0) is 38.0 Å². The fraction of sp³-hybridized carbons (Fsp3) is 0.259. The van der Waals surface area contributed by atoms with Crippen LogP contribution in [0.5, 0.6) is 0 Å². The molecule has 1 atom stereocenters. The van der Waals surface area contributed by atoms with E-state index in [2.05, 4.69) is 10.3 Å². The molecular weight excluding hydrogens is 420 g/mol. The maximum atomic E-state index is 15.3. The van der Waals surface area contributed by atoms with E-state index in [1.807, 2.05) is 63.4 Å². The molecule has 6 heteroatoms. The van der Waals surface area contributed by atoms with Crippen molar-refractivity contribution in [1.82, 2.24) is 4.98 Å². The van der Waals surface area contributed by atoms with Gasteiger partial charge in [0, 0.05) is 41.4 Å². The summed E-state index contributed by atoms with van der Waals surface area (Å²) in [4.78, 5) is 3.11. The number of rotatable bonds is 2. The number of fused-ring (bicyclic) bond motifs is 2. The highest BCUT2D eigenvalue weighted by Crippen LogP contribution is 2.40. The number of para-hydroxylation sites is 1. The van der Waals surface area contributed by atoms with Crippen molar-refractivity contribution in [3.63, 3.8) is 0 Å². The Morgan fingerprint density at radius 1 is 1.09 bits per heavy atom. The third-order valence-corrected chi connectivity index (χ3v) is 6.28. The average molecular weight is 450 g/mol. The fourth-order valence-corrected chi connectivity index (χ4v) is 4.21. The summed E-state index contributed by atoms with van der Waals surface area (Å²) in [5.41, 5.74) is 8.80. The van der Waals surface area contributed by atoms with Crippen LogP contribution in [0.25, 0.3) is 22.0 Å². The van der Waals surface area contributed by atoms with Gasteiger partial charge in [0.15, 0.2) is 0 Å². The second kappa shape index (κ2) is 8.96. The van der Waals surface area contributed by atoms with E-state index < -0.39 is 23.3 Å². The number of H-pyrrole nitrogens is 1. The smallest absolute Gasteiger partial charge is 0.139 e. The minimum absolute atomic E-state index is 0.0556. The van der Waals surface area contributed by atoms with Gasteiger partial charge in [0.1, 0.15) is 11.6 Å². The number of aromatic amines is 1. The summed E-state index contributed by atoms with van der Waals surface area (Å²) in [6.45, 7) is 6.21. The lowest BCUT2D eigenvalue weighted by Gasteiger charge is -2.38. The molecule has 5 N–H and O–H groups in total. The third kappa shape index (κ3) is 4.36. The van der Waals surface area contributed by atoms with Crippen molar-refractivity contribution in [3.05, 3.63) is 89.1 Å². The molecule has 5 rings (SSSR count). The zero-order valence-corrected chi connectivity index (χ0v) is 19.0. The van der Waals surface area contributed by atoms with Crippen LogP contribution in [0.4, 0.5) is 14.5 Å². The van der Waals surface area contributed by atoms with Crippen LogP contribution in [0.2, 0.25) is 0 Å². The summed E-state index contributed by atoms with van der Waals surface area (Å²) in [5, 5.41) is 14.3. The van der Waals surface area contributed by atoms with Crippen LogP contribution < -0.4 is 11.1 Å². The highest BCUT2D eigenvalue weighted by molar-refractivity contribution is 5.96. The topological polar surface area (TPSA) is 74.1 Å². The van der Waals surface area contributed by atoms with Crippen molar-refractivity contribution in [1.29, 1.82) is 0 Å². The van der Waals surface area contributed by atoms with Gasteiger partial charge in [-0.25, -0.2) is 8.78 Å². The number of aliphatic hydroxyl groups is 1. The Labute approximate surface area is 192 Å². The second-order valence-corrected chi connectivity index (χ2v) is 9.03. The molecule has 1 aliphatic heterocycles. The highest BCUT2D eigenvalue weighted by atomic mass is 19.1. The number of aromatic nitrogens is 1. The summed E-state index contributed by atoms with van der Waals surface area (Å²) in [5.74, 6) is -1.23. The van der Waals surface area contributed by atoms with Crippen LogP contribution >= 0.6 is 0 Å². The number of aliphatic hydroxyl groups excluding tert-OH is 1. The molecule has 0 bridgehead atoms. The molecule has 0 spiro atoms. The fourth-order valence-electron chi connectivity index (χ4n) is 4.21. The van der Waals surface area contributed by atoms with Crippen molar-refractivity contribution in [3.8, 4) is 11.1 Å². The van der Waals surface area contributed by atoms with Gasteiger partial charge in [-0.15, -0.1) is 0 Å². The lowest BCUT2D eigenvalue weighted by molar-refractivity contribution is 0.109. The van der Waals surface area contributed by atoms with E-state index >= 15 is 4.39 Å². The highest BCUT2D eigenvalue weighted by Gasteiger charge is 2.36. The first-order chi connectivity index (χ1) is 15.7. The summed E-state index contributed by atoms with van der Waals surface area (Å²) in [6.07, 6.45) is 1.22. The second-order valence-electron chi connectivity index (χ2n) is 9.03. The first-order valence-corrected chi connectivity index (χ1v) is 11.0. The van der Waals surface area contributed by atoms with Gasteiger partial charge in [0.2, 0.25) is 0 Å². The molecule has 4 nitrogen and oxygen atoms in total. The van der Waals surface area contributed by atoms with E-state index in [1.165, 1.54) is 11.6 Å². The molecule has 0 unspecified atom stereocenters. The Bertz CT molecular complexity index is 1280. The molecule has 0 radical (unpaired) electrons. The van der Waals surface area contributed by atoms with Gasteiger partial charge in [-0.3, -0.25) is 0 Å². The monoisotopic (exact) mass is 449 g/mol. The zero-order chi connectivity index (χ0) is 23.8. The van der Waals surface area contributed by atoms with E-state index in [0.717, 1.165) is 10.9 Å². The number of aryl methyl sites for hydroxylation is 1. The van der Waals surface area contributed by atoms with E-state index in [1.54, 1.807) is 12.1 Å². The van der Waals surface area contributed by atoms with Crippen LogP contribution in [0.15, 0.2) is 60.8 Å². The largest absolute Gasteiger partial charge is 0.390 e. The molecule has 172 valence electrons. The maximum absolute atomic E-state index is 15.3.